The van der Waals surface area contributed by atoms with E-state index in [0.717, 1.165) is 68.5 Å². The zero-order valence-corrected chi connectivity index (χ0v) is 28.3. The first-order valence-electron chi connectivity index (χ1n) is 17.6. The highest BCUT2D eigenvalue weighted by molar-refractivity contribution is 6.07. The topological polar surface area (TPSA) is 25.6 Å². The van der Waals surface area contributed by atoms with Crippen LogP contribution in [0.2, 0.25) is 0 Å². The van der Waals surface area contributed by atoms with Gasteiger partial charge in [-0.2, -0.15) is 0 Å². The van der Waals surface area contributed by atoms with Gasteiger partial charge in [-0.25, -0.2) is 0 Å². The van der Waals surface area contributed by atoms with E-state index in [9.17, 15) is 0 Å². The molecule has 0 N–H and O–H groups in total. The number of allylic oxidation sites excluding steroid dienone is 8. The van der Waals surface area contributed by atoms with Crippen molar-refractivity contribution in [3.05, 3.63) is 200 Å². The van der Waals surface area contributed by atoms with Gasteiger partial charge in [-0.05, 0) is 88.7 Å². The molecule has 3 nitrogen and oxygen atoms in total. The number of benzene rings is 5. The maximum Gasteiger partial charge on any atom is 0.137 e. The third-order valence-electron chi connectivity index (χ3n) is 10.3. The van der Waals surface area contributed by atoms with Gasteiger partial charge in [0, 0.05) is 45.3 Å². The molecule has 3 aliphatic rings. The lowest BCUT2D eigenvalue weighted by Gasteiger charge is -2.33. The standard InChI is InChI=1S/C48H37NO2/c1-32-12-8-9-26-49(45-20-7-6-17-40(32)45)39-25-27-50-48-41(33(2)28-39)18-11-19-42(48)38-16-10-15-35(29-38)37-22-24-47-44(31-37)43-30-36(21-23-46(43)51-47)34-13-4-3-5-14-34/h3-15,17-27,29-31,38-39H,1-2,16,28H2/b12-8-,26-9-,27-25-. The normalized spacial score (nSPS) is 20.3. The van der Waals surface area contributed by atoms with Crippen LogP contribution in [0.15, 0.2) is 182 Å². The highest BCUT2D eigenvalue weighted by Crippen LogP contribution is 2.43. The number of para-hydroxylation sites is 2. The van der Waals surface area contributed by atoms with E-state index in [1.165, 1.54) is 27.8 Å². The van der Waals surface area contributed by atoms with E-state index in [1.54, 1.807) is 0 Å². The van der Waals surface area contributed by atoms with Gasteiger partial charge in [0.25, 0.3) is 0 Å². The van der Waals surface area contributed by atoms with Crippen molar-refractivity contribution in [2.24, 2.45) is 0 Å². The Bertz CT molecular complexity index is 2500. The Balaban J connectivity index is 1.03. The first-order chi connectivity index (χ1) is 25.1. The molecule has 0 saturated heterocycles. The maximum absolute atomic E-state index is 6.56. The number of fused-ring (bicyclic) bond motifs is 5. The van der Waals surface area contributed by atoms with Crippen molar-refractivity contribution < 1.29 is 9.15 Å². The van der Waals surface area contributed by atoms with E-state index in [2.05, 4.69) is 164 Å². The van der Waals surface area contributed by atoms with Crippen molar-refractivity contribution in [3.63, 3.8) is 0 Å². The van der Waals surface area contributed by atoms with Crippen LogP contribution in [0.1, 0.15) is 41.0 Å². The van der Waals surface area contributed by atoms with Gasteiger partial charge in [-0.15, -0.1) is 0 Å². The molecule has 9 rings (SSSR count). The van der Waals surface area contributed by atoms with Gasteiger partial charge in [0.15, 0.2) is 0 Å². The van der Waals surface area contributed by atoms with Crippen LogP contribution < -0.4 is 9.64 Å². The molecule has 6 aromatic rings. The number of anilines is 1. The second kappa shape index (κ2) is 12.9. The largest absolute Gasteiger partial charge is 0.464 e. The van der Waals surface area contributed by atoms with Crippen LogP contribution in [0.25, 0.3) is 49.8 Å². The molecule has 1 aliphatic carbocycles. The summed E-state index contributed by atoms with van der Waals surface area (Å²) in [7, 11) is 0. The van der Waals surface area contributed by atoms with Crippen LogP contribution in [0.5, 0.6) is 5.75 Å². The van der Waals surface area contributed by atoms with Gasteiger partial charge < -0.3 is 14.1 Å². The van der Waals surface area contributed by atoms with E-state index in [-0.39, 0.29) is 12.0 Å². The molecule has 0 fully saturated rings. The fourth-order valence-electron chi connectivity index (χ4n) is 7.68. The summed E-state index contributed by atoms with van der Waals surface area (Å²) >= 11 is 0. The predicted octanol–water partition coefficient (Wildman–Crippen LogP) is 12.7. The van der Waals surface area contributed by atoms with Crippen LogP contribution in [0.3, 0.4) is 0 Å². The molecule has 246 valence electrons. The molecule has 3 heteroatoms. The van der Waals surface area contributed by atoms with E-state index in [0.29, 0.717) is 0 Å². The average molecular weight is 660 g/mol. The summed E-state index contributed by atoms with van der Waals surface area (Å²) in [6, 6.07) is 38.4. The van der Waals surface area contributed by atoms with Gasteiger partial charge in [0.05, 0.1) is 12.3 Å². The highest BCUT2D eigenvalue weighted by atomic mass is 16.5. The van der Waals surface area contributed by atoms with Crippen LogP contribution in [-0.4, -0.2) is 6.04 Å². The van der Waals surface area contributed by atoms with Crippen molar-refractivity contribution in [2.75, 3.05) is 4.90 Å². The Morgan fingerprint density at radius 2 is 1.45 bits per heavy atom. The second-order valence-electron chi connectivity index (χ2n) is 13.5. The molecule has 51 heavy (non-hydrogen) atoms. The molecule has 0 saturated carbocycles. The van der Waals surface area contributed by atoms with Crippen LogP contribution in [-0.2, 0) is 0 Å². The Morgan fingerprint density at radius 1 is 0.686 bits per heavy atom. The Morgan fingerprint density at radius 3 is 2.31 bits per heavy atom. The van der Waals surface area contributed by atoms with Crippen LogP contribution >= 0.6 is 0 Å². The number of ether oxygens (including phenoxy) is 1. The minimum atomic E-state index is 0.0211. The monoisotopic (exact) mass is 659 g/mol. The SMILES string of the molecule is C=C1/C=C\C=C/N(C2/C=C\Oc3c(cccc3C3C=C(c4ccc5oc6ccc(-c7ccccc7)cc6c5c4)C=CC3)C(=C)C2)c2ccccc21. The quantitative estimate of drug-likeness (QED) is 0.188. The Kier molecular flexibility index (Phi) is 7.74. The minimum absolute atomic E-state index is 0.0211. The van der Waals surface area contributed by atoms with E-state index in [1.807, 2.05) is 18.4 Å². The first kappa shape index (κ1) is 30.7. The number of hydrogen-bond acceptors (Lipinski definition) is 3. The fraction of sp³-hybridized carbons (Fsp3) is 0.0833. The molecular weight excluding hydrogens is 623 g/mol. The van der Waals surface area contributed by atoms with Crippen LogP contribution in [0.4, 0.5) is 5.69 Å². The van der Waals surface area contributed by atoms with Gasteiger partial charge in [-0.1, -0.05) is 122 Å². The van der Waals surface area contributed by atoms with Crippen molar-refractivity contribution in [2.45, 2.75) is 24.8 Å². The number of hydrogen-bond donors (Lipinski definition) is 0. The summed E-state index contributed by atoms with van der Waals surface area (Å²) < 4.78 is 12.8. The molecule has 0 bridgehead atoms. The highest BCUT2D eigenvalue weighted by Gasteiger charge is 2.26. The third-order valence-corrected chi connectivity index (χ3v) is 10.3. The molecular formula is C48H37NO2. The molecule has 0 amide bonds. The van der Waals surface area contributed by atoms with Gasteiger partial charge >= 0.3 is 0 Å². The predicted molar refractivity (Wildman–Crippen MR) is 214 cm³/mol. The lowest BCUT2D eigenvalue weighted by molar-refractivity contribution is 0.463. The molecule has 1 aromatic heterocycles. The summed E-state index contributed by atoms with van der Waals surface area (Å²) in [5.41, 5.74) is 13.0. The van der Waals surface area contributed by atoms with Crippen molar-refractivity contribution in [1.82, 2.24) is 0 Å². The smallest absolute Gasteiger partial charge is 0.137 e. The lowest BCUT2D eigenvalue weighted by Crippen LogP contribution is -2.31. The fourth-order valence-corrected chi connectivity index (χ4v) is 7.68. The molecule has 5 aromatic carbocycles. The Labute approximate surface area is 298 Å². The van der Waals surface area contributed by atoms with Crippen LogP contribution in [0, 0.1) is 0 Å². The summed E-state index contributed by atoms with van der Waals surface area (Å²) in [5, 5.41) is 2.25. The summed E-state index contributed by atoms with van der Waals surface area (Å²) in [4.78, 5) is 2.30. The average Bonchev–Trinajstić information content (AvgIpc) is 3.54. The Hall–Kier alpha value is -6.32. The summed E-state index contributed by atoms with van der Waals surface area (Å²) in [6.45, 7) is 8.91. The summed E-state index contributed by atoms with van der Waals surface area (Å²) in [5.74, 6) is 1.04. The molecule has 3 heterocycles. The molecule has 2 aliphatic heterocycles. The van der Waals surface area contributed by atoms with E-state index >= 15 is 0 Å². The van der Waals surface area contributed by atoms with Gasteiger partial charge in [-0.3, -0.25) is 0 Å². The van der Waals surface area contributed by atoms with Crippen molar-refractivity contribution in [3.8, 4) is 16.9 Å². The van der Waals surface area contributed by atoms with Crippen molar-refractivity contribution >= 4 is 44.3 Å². The lowest BCUT2D eigenvalue weighted by atomic mass is 9.84. The molecule has 2 unspecified atom stereocenters. The van der Waals surface area contributed by atoms with Gasteiger partial charge in [0.1, 0.15) is 16.9 Å². The number of nitrogens with zero attached hydrogens (tertiary/aromatic N) is 1. The molecule has 2 atom stereocenters. The maximum atomic E-state index is 6.56. The number of furan rings is 1. The minimum Gasteiger partial charge on any atom is -0.464 e. The first-order valence-corrected chi connectivity index (χ1v) is 17.6. The molecule has 0 spiro atoms. The number of rotatable bonds is 4. The zero-order chi connectivity index (χ0) is 34.3. The zero-order valence-electron chi connectivity index (χ0n) is 28.3. The van der Waals surface area contributed by atoms with Gasteiger partial charge in [0.2, 0.25) is 0 Å². The molecule has 0 radical (unpaired) electrons. The van der Waals surface area contributed by atoms with E-state index in [4.69, 9.17) is 9.15 Å². The summed E-state index contributed by atoms with van der Waals surface area (Å²) in [6.07, 6.45) is 20.9. The van der Waals surface area contributed by atoms with Crippen molar-refractivity contribution in [1.29, 1.82) is 0 Å². The van der Waals surface area contributed by atoms with E-state index < -0.39 is 0 Å². The third kappa shape index (κ3) is 5.67. The second-order valence-corrected chi connectivity index (χ2v) is 13.5.